The lowest BCUT2D eigenvalue weighted by Gasteiger charge is -2.62. The van der Waals surface area contributed by atoms with Crippen LogP contribution in [0, 0.1) is 35.5 Å². The van der Waals surface area contributed by atoms with E-state index in [9.17, 15) is 15.0 Å². The molecule has 0 radical (unpaired) electrons. The molecule has 5 nitrogen and oxygen atoms in total. The summed E-state index contributed by atoms with van der Waals surface area (Å²) in [5.41, 5.74) is 0.525. The van der Waals surface area contributed by atoms with Gasteiger partial charge in [-0.1, -0.05) is 25.5 Å². The normalized spacial score (nSPS) is 49.9. The minimum absolute atomic E-state index is 0.0774. The van der Waals surface area contributed by atoms with Crippen LogP contribution >= 0.6 is 0 Å². The highest BCUT2D eigenvalue weighted by Gasteiger charge is 2.70. The summed E-state index contributed by atoms with van der Waals surface area (Å²) in [6.07, 6.45) is 7.87. The predicted molar refractivity (Wildman–Crippen MR) is 119 cm³/mol. The number of hydrogen-bond acceptors (Lipinski definition) is 5. The van der Waals surface area contributed by atoms with Gasteiger partial charge >= 0.3 is 5.97 Å². The number of carbonyl (C=O) groups is 1. The number of carbonyl (C=O) groups excluding carboxylic acids is 1. The van der Waals surface area contributed by atoms with Crippen molar-refractivity contribution in [1.82, 2.24) is 0 Å². The molecule has 5 heteroatoms. The molecule has 2 N–H and O–H groups in total. The molecular formula is C27H36O5. The van der Waals surface area contributed by atoms with Crippen LogP contribution < -0.4 is 0 Å². The first-order valence-corrected chi connectivity index (χ1v) is 12.5. The van der Waals surface area contributed by atoms with Gasteiger partial charge in [0.15, 0.2) is 0 Å². The number of hydrogen-bond donors (Lipinski definition) is 2. The molecule has 1 aliphatic heterocycles. The fraction of sp³-hybridized carbons (Fsp3) is 0.741. The molecule has 0 aromatic carbocycles. The highest BCUT2D eigenvalue weighted by Crippen LogP contribution is 2.71. The standard InChI is InChI=1S/C27H36O5/c1-15-4-5-21(31-15)18-13-16-12-17(28)6-9-25(16,2)24-20(29)14-26(3)19(23(18)24)7-10-27(26)11-8-22(30)32-27/h4-5,13,17-20,23-24,28-29H,6-12,14H2,1-3H3/t17-,18-,19-,20?,23-,24?,25-,26-,27?/m0/s1. The number of fused-ring (bicyclic) bond motifs is 6. The van der Waals surface area contributed by atoms with Gasteiger partial charge in [0.25, 0.3) is 0 Å². The maximum absolute atomic E-state index is 12.2. The Morgan fingerprint density at radius 1 is 1.09 bits per heavy atom. The first kappa shape index (κ1) is 21.0. The Hall–Kier alpha value is -1.59. The summed E-state index contributed by atoms with van der Waals surface area (Å²) in [4.78, 5) is 12.2. The first-order chi connectivity index (χ1) is 15.2. The van der Waals surface area contributed by atoms with Gasteiger partial charge in [0.05, 0.1) is 12.2 Å². The van der Waals surface area contributed by atoms with E-state index in [1.165, 1.54) is 5.57 Å². The lowest BCUT2D eigenvalue weighted by molar-refractivity contribution is -0.185. The number of allylic oxidation sites excluding steroid dienone is 1. The second-order valence-electron chi connectivity index (χ2n) is 11.9. The van der Waals surface area contributed by atoms with Gasteiger partial charge in [0, 0.05) is 17.8 Å². The molecule has 5 aliphatic rings. The average Bonchev–Trinajstić information content (AvgIpc) is 3.40. The number of aliphatic hydroxyl groups is 2. The lowest BCUT2D eigenvalue weighted by atomic mass is 9.44. The van der Waals surface area contributed by atoms with E-state index in [0.29, 0.717) is 25.2 Å². The molecule has 4 fully saturated rings. The zero-order valence-electron chi connectivity index (χ0n) is 19.5. The van der Waals surface area contributed by atoms with Gasteiger partial charge in [0.1, 0.15) is 17.1 Å². The molecule has 2 heterocycles. The van der Waals surface area contributed by atoms with Gasteiger partial charge in [0.2, 0.25) is 0 Å². The smallest absolute Gasteiger partial charge is 0.306 e. The highest BCUT2D eigenvalue weighted by atomic mass is 16.6. The van der Waals surface area contributed by atoms with Crippen molar-refractivity contribution in [2.24, 2.45) is 28.6 Å². The number of furan rings is 1. The summed E-state index contributed by atoms with van der Waals surface area (Å²) in [7, 11) is 0. The Bertz CT molecular complexity index is 978. The minimum atomic E-state index is -0.460. The number of esters is 1. The summed E-state index contributed by atoms with van der Waals surface area (Å²) >= 11 is 0. The maximum atomic E-state index is 12.2. The van der Waals surface area contributed by atoms with E-state index in [2.05, 4.69) is 26.0 Å². The third-order valence-corrected chi connectivity index (χ3v) is 10.5. The van der Waals surface area contributed by atoms with Crippen LogP contribution in [0.25, 0.3) is 0 Å². The van der Waals surface area contributed by atoms with Crippen molar-refractivity contribution in [2.75, 3.05) is 0 Å². The molecule has 0 amide bonds. The SMILES string of the molecule is Cc1ccc([C@@H]2C=C3C[C@@H](O)CC[C@]3(C)C3C(O)C[C@@]4(C)[C@@H](CCC45CCC(=O)O5)[C@@H]32)o1. The number of aliphatic hydroxyl groups excluding tert-OH is 2. The Kier molecular flexibility index (Phi) is 4.41. The van der Waals surface area contributed by atoms with Crippen LogP contribution in [-0.4, -0.2) is 34.0 Å². The Morgan fingerprint density at radius 3 is 2.59 bits per heavy atom. The zero-order valence-corrected chi connectivity index (χ0v) is 19.5. The fourth-order valence-electron chi connectivity index (χ4n) is 8.97. The van der Waals surface area contributed by atoms with Crippen LogP contribution in [0.2, 0.25) is 0 Å². The number of aryl methyl sites for hydroxylation is 1. The van der Waals surface area contributed by atoms with Crippen LogP contribution in [0.1, 0.15) is 82.7 Å². The number of rotatable bonds is 1. The second-order valence-corrected chi connectivity index (χ2v) is 11.9. The molecule has 3 unspecified atom stereocenters. The van der Waals surface area contributed by atoms with Crippen molar-refractivity contribution < 1.29 is 24.2 Å². The minimum Gasteiger partial charge on any atom is -0.466 e. The monoisotopic (exact) mass is 440 g/mol. The van der Waals surface area contributed by atoms with Gasteiger partial charge in [-0.25, -0.2) is 0 Å². The van der Waals surface area contributed by atoms with Gasteiger partial charge in [-0.05, 0) is 87.2 Å². The molecule has 3 saturated carbocycles. The Labute approximate surface area is 190 Å². The van der Waals surface area contributed by atoms with E-state index in [1.54, 1.807) is 0 Å². The fourth-order valence-corrected chi connectivity index (χ4v) is 8.97. The van der Waals surface area contributed by atoms with E-state index in [0.717, 1.165) is 43.6 Å². The summed E-state index contributed by atoms with van der Waals surface area (Å²) < 4.78 is 12.3. The maximum Gasteiger partial charge on any atom is 0.306 e. The van der Waals surface area contributed by atoms with Crippen molar-refractivity contribution in [3.8, 4) is 0 Å². The van der Waals surface area contributed by atoms with E-state index >= 15 is 0 Å². The third kappa shape index (κ3) is 2.61. The van der Waals surface area contributed by atoms with E-state index < -0.39 is 11.7 Å². The number of ether oxygens (including phenoxy) is 1. The molecule has 32 heavy (non-hydrogen) atoms. The van der Waals surface area contributed by atoms with Gasteiger partial charge in [-0.3, -0.25) is 4.79 Å². The molecule has 1 saturated heterocycles. The lowest BCUT2D eigenvalue weighted by Crippen LogP contribution is -2.60. The van der Waals surface area contributed by atoms with Crippen molar-refractivity contribution in [3.05, 3.63) is 35.3 Å². The quantitative estimate of drug-likeness (QED) is 0.491. The summed E-state index contributed by atoms with van der Waals surface area (Å²) in [6.45, 7) is 6.57. The molecule has 1 aromatic heterocycles. The van der Waals surface area contributed by atoms with E-state index in [1.807, 2.05) is 13.0 Å². The molecule has 1 aromatic rings. The first-order valence-electron chi connectivity index (χ1n) is 12.5. The topological polar surface area (TPSA) is 79.9 Å². The van der Waals surface area contributed by atoms with Crippen molar-refractivity contribution in [2.45, 2.75) is 95.9 Å². The van der Waals surface area contributed by atoms with Crippen LogP contribution in [0.4, 0.5) is 0 Å². The Balaban J connectivity index is 1.50. The molecule has 174 valence electrons. The summed E-state index contributed by atoms with van der Waals surface area (Å²) in [6, 6.07) is 4.12. The largest absolute Gasteiger partial charge is 0.466 e. The molecule has 1 spiro atoms. The molecule has 0 bridgehead atoms. The third-order valence-electron chi connectivity index (χ3n) is 10.5. The van der Waals surface area contributed by atoms with Crippen molar-refractivity contribution >= 4 is 5.97 Å². The second kappa shape index (κ2) is 6.73. The predicted octanol–water partition coefficient (Wildman–Crippen LogP) is 4.65. The zero-order chi connectivity index (χ0) is 22.5. The average molecular weight is 441 g/mol. The molecule has 9 atom stereocenters. The van der Waals surface area contributed by atoms with Crippen molar-refractivity contribution in [3.63, 3.8) is 0 Å². The van der Waals surface area contributed by atoms with Gasteiger partial charge < -0.3 is 19.4 Å². The van der Waals surface area contributed by atoms with Crippen LogP contribution in [-0.2, 0) is 9.53 Å². The summed E-state index contributed by atoms with van der Waals surface area (Å²) in [5.74, 6) is 2.58. The summed E-state index contributed by atoms with van der Waals surface area (Å²) in [5, 5.41) is 22.3. The van der Waals surface area contributed by atoms with Crippen molar-refractivity contribution in [1.29, 1.82) is 0 Å². The molecular weight excluding hydrogens is 404 g/mol. The van der Waals surface area contributed by atoms with E-state index in [4.69, 9.17) is 9.15 Å². The van der Waals surface area contributed by atoms with Crippen LogP contribution in [0.3, 0.4) is 0 Å². The molecule has 4 aliphatic carbocycles. The highest BCUT2D eigenvalue weighted by molar-refractivity contribution is 5.72. The van der Waals surface area contributed by atoms with Crippen LogP contribution in [0.5, 0.6) is 0 Å². The Morgan fingerprint density at radius 2 is 1.91 bits per heavy atom. The van der Waals surface area contributed by atoms with Gasteiger partial charge in [-0.15, -0.1) is 0 Å². The van der Waals surface area contributed by atoms with Crippen LogP contribution in [0.15, 0.2) is 28.2 Å². The van der Waals surface area contributed by atoms with E-state index in [-0.39, 0.29) is 40.7 Å². The van der Waals surface area contributed by atoms with Gasteiger partial charge in [-0.2, -0.15) is 0 Å². The molecule has 6 rings (SSSR count).